The predicted molar refractivity (Wildman–Crippen MR) is 103 cm³/mol. The normalized spacial score (nSPS) is 11.0. The lowest BCUT2D eigenvalue weighted by Crippen LogP contribution is -2.19. The summed E-state index contributed by atoms with van der Waals surface area (Å²) >= 11 is 1.45. The van der Waals surface area contributed by atoms with Gasteiger partial charge in [0.05, 0.1) is 5.75 Å². The van der Waals surface area contributed by atoms with Crippen LogP contribution < -0.4 is 10.6 Å². The first kappa shape index (κ1) is 19.0. The molecule has 0 saturated heterocycles. The molecule has 132 valence electrons. The lowest BCUT2D eigenvalue weighted by molar-refractivity contribution is -0.118. The maximum atomic E-state index is 11.9. The highest BCUT2D eigenvalue weighted by Gasteiger charge is 2.15. The highest BCUT2D eigenvalue weighted by molar-refractivity contribution is 8.00. The standard InChI is InChI=1S/C19H23N3O2S/c1-19(2,3)12-17(23)21-14-4-6-16(7-5-14)25-13-18(24)22-15-8-10-20-11-9-15/h4-11H,12-13H2,1-3H3,(H,21,23)(H,20,22,24). The van der Waals surface area contributed by atoms with Crippen LogP contribution in [0, 0.1) is 5.41 Å². The molecule has 2 N–H and O–H groups in total. The van der Waals surface area contributed by atoms with Crippen LogP contribution in [-0.2, 0) is 9.59 Å². The fraction of sp³-hybridized carbons (Fsp3) is 0.316. The molecule has 1 aromatic heterocycles. The second-order valence-corrected chi connectivity index (χ2v) is 7.93. The van der Waals surface area contributed by atoms with Crippen molar-refractivity contribution in [2.45, 2.75) is 32.1 Å². The predicted octanol–water partition coefficient (Wildman–Crippen LogP) is 4.19. The van der Waals surface area contributed by atoms with E-state index in [1.807, 2.05) is 45.0 Å². The van der Waals surface area contributed by atoms with Crippen molar-refractivity contribution in [1.29, 1.82) is 0 Å². The first-order valence-corrected chi connectivity index (χ1v) is 9.03. The highest BCUT2D eigenvalue weighted by Crippen LogP contribution is 2.22. The molecule has 25 heavy (non-hydrogen) atoms. The van der Waals surface area contributed by atoms with E-state index in [0.29, 0.717) is 12.2 Å². The molecule has 0 saturated carbocycles. The van der Waals surface area contributed by atoms with E-state index >= 15 is 0 Å². The average Bonchev–Trinajstić information content (AvgIpc) is 2.53. The summed E-state index contributed by atoms with van der Waals surface area (Å²) in [7, 11) is 0. The van der Waals surface area contributed by atoms with Crippen molar-refractivity contribution in [2.75, 3.05) is 16.4 Å². The van der Waals surface area contributed by atoms with Crippen LogP contribution in [0.2, 0.25) is 0 Å². The van der Waals surface area contributed by atoms with Crippen LogP contribution in [0.1, 0.15) is 27.2 Å². The number of carbonyl (C=O) groups is 2. The van der Waals surface area contributed by atoms with Crippen LogP contribution in [-0.4, -0.2) is 22.6 Å². The topological polar surface area (TPSA) is 71.1 Å². The summed E-state index contributed by atoms with van der Waals surface area (Å²) in [6.07, 6.45) is 3.74. The van der Waals surface area contributed by atoms with Gasteiger partial charge in [0.15, 0.2) is 0 Å². The number of hydrogen-bond acceptors (Lipinski definition) is 4. The van der Waals surface area contributed by atoms with Gasteiger partial charge < -0.3 is 10.6 Å². The fourth-order valence-corrected chi connectivity index (χ4v) is 2.80. The zero-order valence-electron chi connectivity index (χ0n) is 14.7. The van der Waals surface area contributed by atoms with Crippen LogP contribution in [0.25, 0.3) is 0 Å². The number of amides is 2. The van der Waals surface area contributed by atoms with Crippen molar-refractivity contribution in [3.05, 3.63) is 48.8 Å². The van der Waals surface area contributed by atoms with Crippen LogP contribution in [0.3, 0.4) is 0 Å². The van der Waals surface area contributed by atoms with E-state index in [1.165, 1.54) is 11.8 Å². The number of thioether (sulfide) groups is 1. The third-order valence-electron chi connectivity index (χ3n) is 3.16. The Morgan fingerprint density at radius 3 is 2.08 bits per heavy atom. The smallest absolute Gasteiger partial charge is 0.234 e. The van der Waals surface area contributed by atoms with Crippen molar-refractivity contribution in [3.8, 4) is 0 Å². The van der Waals surface area contributed by atoms with Gasteiger partial charge in [-0.1, -0.05) is 20.8 Å². The lowest BCUT2D eigenvalue weighted by Gasteiger charge is -2.17. The number of benzene rings is 1. The van der Waals surface area contributed by atoms with Gasteiger partial charge in [-0.05, 0) is 41.8 Å². The summed E-state index contributed by atoms with van der Waals surface area (Å²) in [5.74, 6) is 0.251. The molecule has 0 spiro atoms. The molecule has 0 aliphatic heterocycles. The van der Waals surface area contributed by atoms with Crippen molar-refractivity contribution in [2.24, 2.45) is 5.41 Å². The Morgan fingerprint density at radius 1 is 0.920 bits per heavy atom. The van der Waals surface area contributed by atoms with Gasteiger partial charge in [-0.2, -0.15) is 0 Å². The number of anilines is 2. The van der Waals surface area contributed by atoms with Crippen LogP contribution in [0.5, 0.6) is 0 Å². The summed E-state index contributed by atoms with van der Waals surface area (Å²) in [6, 6.07) is 11.0. The van der Waals surface area contributed by atoms with E-state index < -0.39 is 0 Å². The number of nitrogens with zero attached hydrogens (tertiary/aromatic N) is 1. The summed E-state index contributed by atoms with van der Waals surface area (Å²) in [5.41, 5.74) is 1.46. The van der Waals surface area contributed by atoms with E-state index in [4.69, 9.17) is 0 Å². The maximum Gasteiger partial charge on any atom is 0.234 e. The Hall–Kier alpha value is -2.34. The molecular weight excluding hydrogens is 334 g/mol. The van der Waals surface area contributed by atoms with Crippen LogP contribution in [0.15, 0.2) is 53.7 Å². The first-order valence-electron chi connectivity index (χ1n) is 8.04. The van der Waals surface area contributed by atoms with Gasteiger partial charge in [0.25, 0.3) is 0 Å². The minimum absolute atomic E-state index is 0.00429. The lowest BCUT2D eigenvalue weighted by atomic mass is 9.92. The molecular formula is C19H23N3O2S. The van der Waals surface area contributed by atoms with E-state index in [9.17, 15) is 9.59 Å². The molecule has 0 radical (unpaired) electrons. The number of aromatic nitrogens is 1. The monoisotopic (exact) mass is 357 g/mol. The molecule has 0 atom stereocenters. The Balaban J connectivity index is 1.80. The van der Waals surface area contributed by atoms with Gasteiger partial charge in [-0.25, -0.2) is 0 Å². The summed E-state index contributed by atoms with van der Waals surface area (Å²) < 4.78 is 0. The van der Waals surface area contributed by atoms with Gasteiger partial charge >= 0.3 is 0 Å². The summed E-state index contributed by atoms with van der Waals surface area (Å²) in [4.78, 5) is 28.7. The molecule has 0 unspecified atom stereocenters. The van der Waals surface area contributed by atoms with E-state index in [1.54, 1.807) is 24.5 Å². The average molecular weight is 357 g/mol. The number of nitrogens with one attached hydrogen (secondary N) is 2. The Labute approximate surface area is 152 Å². The van der Waals surface area contributed by atoms with Crippen LogP contribution >= 0.6 is 11.8 Å². The van der Waals surface area contributed by atoms with Gasteiger partial charge in [0, 0.05) is 35.1 Å². The summed E-state index contributed by atoms with van der Waals surface area (Å²) in [6.45, 7) is 6.09. The minimum atomic E-state index is -0.0706. The number of pyridine rings is 1. The van der Waals surface area contributed by atoms with Gasteiger partial charge in [-0.15, -0.1) is 11.8 Å². The molecule has 5 nitrogen and oxygen atoms in total. The third kappa shape index (κ3) is 7.39. The second-order valence-electron chi connectivity index (χ2n) is 6.88. The SMILES string of the molecule is CC(C)(C)CC(=O)Nc1ccc(SCC(=O)Nc2ccncc2)cc1. The zero-order chi connectivity index (χ0) is 18.3. The van der Waals surface area contributed by atoms with E-state index in [-0.39, 0.29) is 17.2 Å². The van der Waals surface area contributed by atoms with Crippen molar-refractivity contribution in [3.63, 3.8) is 0 Å². The van der Waals surface area contributed by atoms with Crippen molar-refractivity contribution in [1.82, 2.24) is 4.98 Å². The minimum Gasteiger partial charge on any atom is -0.326 e. The Bertz CT molecular complexity index is 710. The van der Waals surface area contributed by atoms with Crippen molar-refractivity contribution < 1.29 is 9.59 Å². The van der Waals surface area contributed by atoms with Crippen molar-refractivity contribution >= 4 is 35.0 Å². The quantitative estimate of drug-likeness (QED) is 0.761. The molecule has 2 rings (SSSR count). The molecule has 1 heterocycles. The fourth-order valence-electron chi connectivity index (χ4n) is 2.10. The van der Waals surface area contributed by atoms with Gasteiger partial charge in [0.2, 0.25) is 11.8 Å². The summed E-state index contributed by atoms with van der Waals surface area (Å²) in [5, 5.41) is 5.70. The molecule has 0 aliphatic rings. The number of rotatable bonds is 6. The zero-order valence-corrected chi connectivity index (χ0v) is 15.5. The van der Waals surface area contributed by atoms with Crippen LogP contribution in [0.4, 0.5) is 11.4 Å². The Morgan fingerprint density at radius 2 is 1.48 bits per heavy atom. The second kappa shape index (κ2) is 8.67. The molecule has 6 heteroatoms. The molecule has 2 amide bonds. The molecule has 0 fully saturated rings. The molecule has 0 bridgehead atoms. The Kier molecular flexibility index (Phi) is 6.58. The molecule has 0 aliphatic carbocycles. The van der Waals surface area contributed by atoms with Gasteiger partial charge in [0.1, 0.15) is 0 Å². The van der Waals surface area contributed by atoms with Gasteiger partial charge in [-0.3, -0.25) is 14.6 Å². The van der Waals surface area contributed by atoms with E-state index in [2.05, 4.69) is 15.6 Å². The maximum absolute atomic E-state index is 11.9. The van der Waals surface area contributed by atoms with E-state index in [0.717, 1.165) is 16.3 Å². The third-order valence-corrected chi connectivity index (χ3v) is 4.17. The molecule has 2 aromatic rings. The largest absolute Gasteiger partial charge is 0.326 e. The first-order chi connectivity index (χ1) is 11.8. The highest BCUT2D eigenvalue weighted by atomic mass is 32.2. The number of carbonyl (C=O) groups excluding carboxylic acids is 2. The number of hydrogen-bond donors (Lipinski definition) is 2. The molecule has 1 aromatic carbocycles.